The van der Waals surface area contributed by atoms with Crippen LogP contribution in [0.2, 0.25) is 0 Å². The van der Waals surface area contributed by atoms with E-state index in [1.54, 1.807) is 0 Å². The van der Waals surface area contributed by atoms with E-state index >= 15 is 0 Å². The van der Waals surface area contributed by atoms with Gasteiger partial charge in [-0.3, -0.25) is 0 Å². The van der Waals surface area contributed by atoms with Gasteiger partial charge in [-0.15, -0.1) is 0 Å². The average Bonchev–Trinajstić information content (AvgIpc) is 2.25. The zero-order valence-electron chi connectivity index (χ0n) is 11.1. The molecule has 1 aliphatic carbocycles. The lowest BCUT2D eigenvalue weighted by atomic mass is 9.89. The first-order valence-electron chi connectivity index (χ1n) is 7.05. The second-order valence-corrected chi connectivity index (χ2v) is 5.61. The number of unbranched alkanes of at least 4 members (excludes halogenated alkanes) is 1. The Morgan fingerprint density at radius 3 is 2.50 bits per heavy atom. The van der Waals surface area contributed by atoms with Gasteiger partial charge < -0.3 is 10.0 Å². The Kier molecular flexibility index (Phi) is 7.06. The van der Waals surface area contributed by atoms with Crippen LogP contribution >= 0.6 is 0 Å². The number of hydrogen-bond acceptors (Lipinski definition) is 2. The van der Waals surface area contributed by atoms with E-state index in [1.165, 1.54) is 51.6 Å². The van der Waals surface area contributed by atoms with Gasteiger partial charge in [-0.25, -0.2) is 0 Å². The Hall–Kier alpha value is -0.0800. The van der Waals surface area contributed by atoms with Crippen LogP contribution in [0.3, 0.4) is 0 Å². The number of nitrogens with zero attached hydrogens (tertiary/aromatic N) is 1. The molecule has 0 amide bonds. The zero-order valence-corrected chi connectivity index (χ0v) is 11.1. The summed E-state index contributed by atoms with van der Waals surface area (Å²) in [6.07, 6.45) is 10.5. The molecule has 1 unspecified atom stereocenters. The normalized spacial score (nSPS) is 20.2. The van der Waals surface area contributed by atoms with Gasteiger partial charge in [0.15, 0.2) is 0 Å². The predicted octanol–water partition coefficient (Wildman–Crippen LogP) is 3.05. The summed E-state index contributed by atoms with van der Waals surface area (Å²) < 4.78 is 0. The maximum Gasteiger partial charge on any atom is 0.0512 e. The van der Waals surface area contributed by atoms with Gasteiger partial charge in [0.2, 0.25) is 0 Å². The second kappa shape index (κ2) is 8.08. The highest BCUT2D eigenvalue weighted by Crippen LogP contribution is 2.24. The van der Waals surface area contributed by atoms with Crippen LogP contribution in [0.4, 0.5) is 0 Å². The Morgan fingerprint density at radius 1 is 1.19 bits per heavy atom. The molecule has 1 saturated carbocycles. The molecule has 0 heterocycles. The Labute approximate surface area is 101 Å². The van der Waals surface area contributed by atoms with Gasteiger partial charge in [-0.05, 0) is 58.5 Å². The van der Waals surface area contributed by atoms with Crippen molar-refractivity contribution >= 4 is 0 Å². The third-order valence-corrected chi connectivity index (χ3v) is 3.71. The highest BCUT2D eigenvalue weighted by atomic mass is 16.3. The van der Waals surface area contributed by atoms with E-state index in [1.807, 2.05) is 6.92 Å². The molecule has 1 aliphatic rings. The van der Waals surface area contributed by atoms with Crippen LogP contribution in [0.5, 0.6) is 0 Å². The van der Waals surface area contributed by atoms with Crippen LogP contribution in [-0.2, 0) is 0 Å². The summed E-state index contributed by atoms with van der Waals surface area (Å²) in [4.78, 5) is 2.48. The minimum absolute atomic E-state index is 0.122. The van der Waals surface area contributed by atoms with Gasteiger partial charge in [0.05, 0.1) is 6.10 Å². The van der Waals surface area contributed by atoms with Crippen molar-refractivity contribution in [3.8, 4) is 0 Å². The molecule has 0 radical (unpaired) electrons. The van der Waals surface area contributed by atoms with Crippen molar-refractivity contribution in [1.29, 1.82) is 0 Å². The van der Waals surface area contributed by atoms with Crippen molar-refractivity contribution < 1.29 is 5.11 Å². The van der Waals surface area contributed by atoms with Crippen molar-refractivity contribution in [3.63, 3.8) is 0 Å². The minimum atomic E-state index is -0.122. The molecule has 0 spiro atoms. The summed E-state index contributed by atoms with van der Waals surface area (Å²) in [6.45, 7) is 4.36. The first-order chi connectivity index (χ1) is 7.68. The summed E-state index contributed by atoms with van der Waals surface area (Å²) in [7, 11) is 2.25. The minimum Gasteiger partial charge on any atom is -0.393 e. The van der Waals surface area contributed by atoms with E-state index < -0.39 is 0 Å². The van der Waals surface area contributed by atoms with E-state index in [2.05, 4.69) is 11.9 Å². The predicted molar refractivity (Wildman–Crippen MR) is 69.6 cm³/mol. The fraction of sp³-hybridized carbons (Fsp3) is 1.00. The van der Waals surface area contributed by atoms with Gasteiger partial charge in [0.1, 0.15) is 0 Å². The van der Waals surface area contributed by atoms with Crippen molar-refractivity contribution in [2.24, 2.45) is 5.92 Å². The van der Waals surface area contributed by atoms with Crippen LogP contribution in [-0.4, -0.2) is 36.2 Å². The molecule has 1 rings (SSSR count). The van der Waals surface area contributed by atoms with Gasteiger partial charge in [-0.1, -0.05) is 19.3 Å². The highest BCUT2D eigenvalue weighted by Gasteiger charge is 2.14. The van der Waals surface area contributed by atoms with E-state index in [4.69, 9.17) is 5.11 Å². The van der Waals surface area contributed by atoms with Crippen molar-refractivity contribution in [1.82, 2.24) is 4.90 Å². The van der Waals surface area contributed by atoms with E-state index in [9.17, 15) is 0 Å². The summed E-state index contributed by atoms with van der Waals surface area (Å²) in [5, 5.41) is 9.17. The Balaban J connectivity index is 1.99. The number of aliphatic hydroxyl groups excluding tert-OH is 1. The van der Waals surface area contributed by atoms with E-state index in [-0.39, 0.29) is 6.10 Å². The van der Waals surface area contributed by atoms with Crippen LogP contribution in [0.15, 0.2) is 0 Å². The van der Waals surface area contributed by atoms with Gasteiger partial charge in [0, 0.05) is 6.54 Å². The molecule has 2 nitrogen and oxygen atoms in total. The molecule has 2 heteroatoms. The van der Waals surface area contributed by atoms with Gasteiger partial charge >= 0.3 is 0 Å². The quantitative estimate of drug-likeness (QED) is 0.676. The molecular weight excluding hydrogens is 198 g/mol. The van der Waals surface area contributed by atoms with Crippen LogP contribution in [0, 0.1) is 5.92 Å². The van der Waals surface area contributed by atoms with E-state index in [0.717, 1.165) is 18.8 Å². The summed E-state index contributed by atoms with van der Waals surface area (Å²) >= 11 is 0. The fourth-order valence-electron chi connectivity index (χ4n) is 2.72. The molecule has 0 aliphatic heterocycles. The van der Waals surface area contributed by atoms with Crippen LogP contribution < -0.4 is 0 Å². The first-order valence-corrected chi connectivity index (χ1v) is 7.05. The molecule has 0 aromatic rings. The Morgan fingerprint density at radius 2 is 1.88 bits per heavy atom. The lowest BCUT2D eigenvalue weighted by Crippen LogP contribution is -2.28. The Bertz CT molecular complexity index is 164. The van der Waals surface area contributed by atoms with Gasteiger partial charge in [-0.2, -0.15) is 0 Å². The SMILES string of the molecule is CC(O)CCCCN(C)CC1CCCCC1. The zero-order chi connectivity index (χ0) is 11.8. The third kappa shape index (κ3) is 6.49. The van der Waals surface area contributed by atoms with Gasteiger partial charge in [0.25, 0.3) is 0 Å². The largest absolute Gasteiger partial charge is 0.393 e. The van der Waals surface area contributed by atoms with E-state index in [0.29, 0.717) is 0 Å². The molecule has 0 bridgehead atoms. The number of rotatable bonds is 7. The maximum atomic E-state index is 9.17. The molecule has 1 N–H and O–H groups in total. The molecule has 1 atom stereocenters. The van der Waals surface area contributed by atoms with Crippen molar-refractivity contribution in [2.45, 2.75) is 64.4 Å². The monoisotopic (exact) mass is 227 g/mol. The van der Waals surface area contributed by atoms with Crippen molar-refractivity contribution in [3.05, 3.63) is 0 Å². The molecule has 16 heavy (non-hydrogen) atoms. The standard InChI is InChI=1S/C14H29NO/c1-13(16)8-6-7-11-15(2)12-14-9-4-3-5-10-14/h13-14,16H,3-12H2,1-2H3. The number of aliphatic hydroxyl groups is 1. The molecule has 1 fully saturated rings. The van der Waals surface area contributed by atoms with Crippen LogP contribution in [0.25, 0.3) is 0 Å². The highest BCUT2D eigenvalue weighted by molar-refractivity contribution is 4.69. The molecular formula is C14H29NO. The van der Waals surface area contributed by atoms with Crippen molar-refractivity contribution in [2.75, 3.05) is 20.1 Å². The maximum absolute atomic E-state index is 9.17. The summed E-state index contributed by atoms with van der Waals surface area (Å²) in [5.41, 5.74) is 0. The first kappa shape index (κ1) is 14.0. The van der Waals surface area contributed by atoms with Crippen LogP contribution in [0.1, 0.15) is 58.3 Å². The topological polar surface area (TPSA) is 23.5 Å². The fourth-order valence-corrected chi connectivity index (χ4v) is 2.72. The summed E-state index contributed by atoms with van der Waals surface area (Å²) in [5.74, 6) is 0.954. The molecule has 0 saturated heterocycles. The third-order valence-electron chi connectivity index (χ3n) is 3.71. The number of hydrogen-bond donors (Lipinski definition) is 1. The molecule has 0 aromatic carbocycles. The average molecular weight is 227 g/mol. The smallest absolute Gasteiger partial charge is 0.0512 e. The summed E-state index contributed by atoms with van der Waals surface area (Å²) in [6, 6.07) is 0. The lowest BCUT2D eigenvalue weighted by molar-refractivity contribution is 0.176. The molecule has 96 valence electrons. The second-order valence-electron chi connectivity index (χ2n) is 5.61. The lowest BCUT2D eigenvalue weighted by Gasteiger charge is -2.27. The molecule has 0 aromatic heterocycles.